The van der Waals surface area contributed by atoms with Crippen LogP contribution in [0.1, 0.15) is 38.8 Å². The number of phenols is 1. The molecule has 0 fully saturated rings. The molecule has 0 saturated heterocycles. The fourth-order valence-corrected chi connectivity index (χ4v) is 3.00. The Bertz CT molecular complexity index is 576. The van der Waals surface area contributed by atoms with Gasteiger partial charge < -0.3 is 10.1 Å². The smallest absolute Gasteiger partial charge is 0.125 e. The van der Waals surface area contributed by atoms with E-state index in [2.05, 4.69) is 44.5 Å². The summed E-state index contributed by atoms with van der Waals surface area (Å²) in [4.78, 5) is 5.78. The molecule has 2 rings (SSSR count). The topological polar surface area (TPSA) is 39.3 Å². The molecule has 0 atom stereocenters. The first-order chi connectivity index (χ1) is 9.41. The third-order valence-corrected chi connectivity index (χ3v) is 4.07. The third kappa shape index (κ3) is 2.83. The van der Waals surface area contributed by atoms with Gasteiger partial charge in [-0.15, -0.1) is 0 Å². The molecule has 0 unspecified atom stereocenters. The normalized spacial score (nSPS) is 12.2. The standard InChI is InChI=1S/C17H26N2O/c1-11(2)19(12(3)4)9-8-14-10-18-17-13(5)6-7-15(20)16(14)17/h6-7,10-12,18,20H,8-9H2,1-5H3. The molecular weight excluding hydrogens is 248 g/mol. The molecule has 3 nitrogen and oxygen atoms in total. The van der Waals surface area contributed by atoms with Crippen LogP contribution in [-0.2, 0) is 6.42 Å². The number of aromatic nitrogens is 1. The zero-order valence-corrected chi connectivity index (χ0v) is 13.2. The maximum Gasteiger partial charge on any atom is 0.125 e. The summed E-state index contributed by atoms with van der Waals surface area (Å²) in [6.07, 6.45) is 2.99. The predicted molar refractivity (Wildman–Crippen MR) is 85.4 cm³/mol. The predicted octanol–water partition coefficient (Wildman–Crippen LogP) is 3.84. The van der Waals surface area contributed by atoms with Crippen molar-refractivity contribution in [3.63, 3.8) is 0 Å². The molecule has 0 radical (unpaired) electrons. The number of benzene rings is 1. The number of fused-ring (bicyclic) bond motifs is 1. The van der Waals surface area contributed by atoms with Crippen molar-refractivity contribution < 1.29 is 5.11 Å². The van der Waals surface area contributed by atoms with Gasteiger partial charge in [-0.05, 0) is 58.2 Å². The molecule has 0 aliphatic carbocycles. The molecular formula is C17H26N2O. The van der Waals surface area contributed by atoms with Crippen LogP contribution in [0, 0.1) is 6.92 Å². The van der Waals surface area contributed by atoms with Crippen molar-refractivity contribution in [2.75, 3.05) is 6.54 Å². The minimum absolute atomic E-state index is 0.377. The molecule has 0 bridgehead atoms. The Morgan fingerprint density at radius 1 is 1.15 bits per heavy atom. The van der Waals surface area contributed by atoms with Crippen LogP contribution in [0.15, 0.2) is 18.3 Å². The quantitative estimate of drug-likeness (QED) is 0.869. The highest BCUT2D eigenvalue weighted by atomic mass is 16.3. The van der Waals surface area contributed by atoms with Crippen LogP contribution < -0.4 is 0 Å². The van der Waals surface area contributed by atoms with E-state index in [1.165, 1.54) is 11.1 Å². The molecule has 0 amide bonds. The highest BCUT2D eigenvalue weighted by Gasteiger charge is 2.15. The molecule has 20 heavy (non-hydrogen) atoms. The fraction of sp³-hybridized carbons (Fsp3) is 0.529. The molecule has 110 valence electrons. The Balaban J connectivity index is 2.24. The Kier molecular flexibility index (Phi) is 4.39. The van der Waals surface area contributed by atoms with Crippen LogP contribution in [-0.4, -0.2) is 33.6 Å². The summed E-state index contributed by atoms with van der Waals surface area (Å²) in [5, 5.41) is 11.1. The summed E-state index contributed by atoms with van der Waals surface area (Å²) >= 11 is 0. The number of nitrogens with zero attached hydrogens (tertiary/aromatic N) is 1. The summed E-state index contributed by atoms with van der Waals surface area (Å²) in [6.45, 7) is 12.0. The first-order valence-electron chi connectivity index (χ1n) is 7.46. The van der Waals surface area contributed by atoms with Gasteiger partial charge in [-0.25, -0.2) is 0 Å². The van der Waals surface area contributed by atoms with E-state index in [0.717, 1.165) is 23.9 Å². The van der Waals surface area contributed by atoms with Gasteiger partial charge in [0.1, 0.15) is 5.75 Å². The summed E-state index contributed by atoms with van der Waals surface area (Å²) in [7, 11) is 0. The van der Waals surface area contributed by atoms with E-state index in [9.17, 15) is 5.11 Å². The van der Waals surface area contributed by atoms with Gasteiger partial charge in [-0.3, -0.25) is 4.90 Å². The average molecular weight is 274 g/mol. The second-order valence-electron chi connectivity index (χ2n) is 6.14. The number of hydrogen-bond donors (Lipinski definition) is 2. The fourth-order valence-electron chi connectivity index (χ4n) is 3.00. The van der Waals surface area contributed by atoms with Crippen molar-refractivity contribution in [3.8, 4) is 5.75 Å². The number of aromatic hydroxyl groups is 1. The van der Waals surface area contributed by atoms with E-state index < -0.39 is 0 Å². The highest BCUT2D eigenvalue weighted by molar-refractivity contribution is 5.91. The zero-order valence-electron chi connectivity index (χ0n) is 13.2. The first-order valence-corrected chi connectivity index (χ1v) is 7.46. The van der Waals surface area contributed by atoms with E-state index in [1.807, 2.05) is 12.3 Å². The monoisotopic (exact) mass is 274 g/mol. The van der Waals surface area contributed by atoms with E-state index >= 15 is 0 Å². The van der Waals surface area contributed by atoms with E-state index in [0.29, 0.717) is 17.8 Å². The molecule has 2 N–H and O–H groups in total. The molecule has 1 heterocycles. The second kappa shape index (κ2) is 5.88. The second-order valence-corrected chi connectivity index (χ2v) is 6.14. The Labute approximate surface area is 121 Å². The number of rotatable bonds is 5. The summed E-state index contributed by atoms with van der Waals surface area (Å²) in [5.74, 6) is 0.377. The van der Waals surface area contributed by atoms with Crippen molar-refractivity contribution in [1.29, 1.82) is 0 Å². The van der Waals surface area contributed by atoms with Gasteiger partial charge in [0.05, 0.1) is 5.52 Å². The average Bonchev–Trinajstić information content (AvgIpc) is 2.78. The molecule has 0 saturated carbocycles. The van der Waals surface area contributed by atoms with Crippen LogP contribution in [0.4, 0.5) is 0 Å². The number of aromatic amines is 1. The van der Waals surface area contributed by atoms with E-state index in [-0.39, 0.29) is 0 Å². The van der Waals surface area contributed by atoms with Gasteiger partial charge in [-0.1, -0.05) is 6.07 Å². The number of phenolic OH excluding ortho intramolecular Hbond substituents is 1. The van der Waals surface area contributed by atoms with Gasteiger partial charge in [0, 0.05) is 30.2 Å². The lowest BCUT2D eigenvalue weighted by Crippen LogP contribution is -2.38. The number of hydrogen-bond acceptors (Lipinski definition) is 2. The van der Waals surface area contributed by atoms with Gasteiger partial charge >= 0.3 is 0 Å². The number of aryl methyl sites for hydroxylation is 1. The Hall–Kier alpha value is -1.48. The van der Waals surface area contributed by atoms with Crippen LogP contribution in [0.2, 0.25) is 0 Å². The highest BCUT2D eigenvalue weighted by Crippen LogP contribution is 2.30. The van der Waals surface area contributed by atoms with Crippen molar-refractivity contribution >= 4 is 10.9 Å². The van der Waals surface area contributed by atoms with Gasteiger partial charge in [0.2, 0.25) is 0 Å². The first kappa shape index (κ1) is 14.9. The molecule has 2 aromatic rings. The van der Waals surface area contributed by atoms with Crippen molar-refractivity contribution in [1.82, 2.24) is 9.88 Å². The lowest BCUT2D eigenvalue weighted by molar-refractivity contribution is 0.177. The Morgan fingerprint density at radius 2 is 1.80 bits per heavy atom. The van der Waals surface area contributed by atoms with Gasteiger partial charge in [0.15, 0.2) is 0 Å². The Morgan fingerprint density at radius 3 is 2.40 bits per heavy atom. The van der Waals surface area contributed by atoms with Gasteiger partial charge in [-0.2, -0.15) is 0 Å². The SMILES string of the molecule is Cc1ccc(O)c2c(CCN(C(C)C)C(C)C)c[nH]c12. The molecule has 1 aromatic carbocycles. The van der Waals surface area contributed by atoms with Crippen LogP contribution >= 0.6 is 0 Å². The van der Waals surface area contributed by atoms with Gasteiger partial charge in [0.25, 0.3) is 0 Å². The van der Waals surface area contributed by atoms with Crippen molar-refractivity contribution in [2.45, 2.75) is 53.1 Å². The maximum atomic E-state index is 10.1. The summed E-state index contributed by atoms with van der Waals surface area (Å²) < 4.78 is 0. The van der Waals surface area contributed by atoms with Crippen LogP contribution in [0.3, 0.4) is 0 Å². The third-order valence-electron chi connectivity index (χ3n) is 4.07. The molecule has 1 aromatic heterocycles. The molecule has 0 aliphatic heterocycles. The molecule has 0 spiro atoms. The van der Waals surface area contributed by atoms with Crippen molar-refractivity contribution in [2.24, 2.45) is 0 Å². The maximum absolute atomic E-state index is 10.1. The lowest BCUT2D eigenvalue weighted by Gasteiger charge is -2.30. The lowest BCUT2D eigenvalue weighted by atomic mass is 10.1. The zero-order chi connectivity index (χ0) is 14.9. The molecule has 3 heteroatoms. The number of nitrogens with one attached hydrogen (secondary N) is 1. The van der Waals surface area contributed by atoms with E-state index in [1.54, 1.807) is 6.07 Å². The van der Waals surface area contributed by atoms with Crippen LogP contribution in [0.25, 0.3) is 10.9 Å². The van der Waals surface area contributed by atoms with Crippen LogP contribution in [0.5, 0.6) is 5.75 Å². The molecule has 0 aliphatic rings. The minimum Gasteiger partial charge on any atom is -0.507 e. The summed E-state index contributed by atoms with van der Waals surface area (Å²) in [5.41, 5.74) is 3.43. The number of H-pyrrole nitrogens is 1. The van der Waals surface area contributed by atoms with Crippen molar-refractivity contribution in [3.05, 3.63) is 29.5 Å². The summed E-state index contributed by atoms with van der Waals surface area (Å²) in [6, 6.07) is 4.82. The largest absolute Gasteiger partial charge is 0.507 e. The van der Waals surface area contributed by atoms with E-state index in [4.69, 9.17) is 0 Å². The minimum atomic E-state index is 0.377.